The van der Waals surface area contributed by atoms with Crippen molar-refractivity contribution in [3.8, 4) is 17.0 Å². The van der Waals surface area contributed by atoms with Crippen LogP contribution in [0.5, 0.6) is 5.75 Å². The molecule has 0 fully saturated rings. The largest absolute Gasteiger partial charge is 0.479 e. The maximum atomic E-state index is 13.9. The monoisotopic (exact) mass is 368 g/mol. The Labute approximate surface area is 136 Å². The number of aromatic nitrogens is 1. The third-order valence-electron chi connectivity index (χ3n) is 2.55. The van der Waals surface area contributed by atoms with Gasteiger partial charge in [0.15, 0.2) is 18.2 Å². The Morgan fingerprint density at radius 1 is 1.39 bits per heavy atom. The van der Waals surface area contributed by atoms with Crippen molar-refractivity contribution in [2.24, 2.45) is 5.73 Å². The number of hydrogen-bond donors (Lipinski definition) is 1. The summed E-state index contributed by atoms with van der Waals surface area (Å²) in [4.78, 5) is 14.9. The van der Waals surface area contributed by atoms with Gasteiger partial charge in [-0.3, -0.25) is 4.79 Å². The van der Waals surface area contributed by atoms with Gasteiger partial charge in [0.1, 0.15) is 5.01 Å². The van der Waals surface area contributed by atoms with Gasteiger partial charge in [-0.15, -0.1) is 11.3 Å². The van der Waals surface area contributed by atoms with Gasteiger partial charge in [0, 0.05) is 10.9 Å². The van der Waals surface area contributed by atoms with Crippen molar-refractivity contribution >= 4 is 28.8 Å². The fourth-order valence-electron chi connectivity index (χ4n) is 1.67. The number of ether oxygens (including phenoxy) is 1. The van der Waals surface area contributed by atoms with Gasteiger partial charge in [-0.1, -0.05) is 11.6 Å². The molecule has 0 spiro atoms. The minimum Gasteiger partial charge on any atom is -0.479 e. The fraction of sp³-hybridized carbons (Fsp3) is 0.231. The molecular weight excluding hydrogens is 360 g/mol. The number of rotatable bonds is 5. The molecule has 2 aromatic rings. The first-order valence-electron chi connectivity index (χ1n) is 6.07. The molecule has 1 heterocycles. The molecule has 2 N–H and O–H groups in total. The number of nitrogens with two attached hydrogens (primary N) is 1. The van der Waals surface area contributed by atoms with Gasteiger partial charge in [0.25, 0.3) is 0 Å². The summed E-state index contributed by atoms with van der Waals surface area (Å²) in [5, 5.41) is 1.68. The number of carbonyl (C=O) groups is 1. The van der Waals surface area contributed by atoms with E-state index < -0.39 is 30.3 Å². The van der Waals surface area contributed by atoms with Crippen LogP contribution in [0.4, 0.5) is 17.6 Å². The molecule has 124 valence electrons. The highest BCUT2D eigenvalue weighted by molar-refractivity contribution is 7.10. The van der Waals surface area contributed by atoms with Crippen molar-refractivity contribution in [1.29, 1.82) is 0 Å². The highest BCUT2D eigenvalue weighted by Crippen LogP contribution is 2.34. The van der Waals surface area contributed by atoms with Crippen molar-refractivity contribution in [1.82, 2.24) is 4.98 Å². The highest BCUT2D eigenvalue weighted by atomic mass is 35.5. The molecule has 4 nitrogen and oxygen atoms in total. The minimum absolute atomic E-state index is 0.0618. The van der Waals surface area contributed by atoms with E-state index in [0.29, 0.717) is 10.7 Å². The number of thiazole rings is 1. The van der Waals surface area contributed by atoms with E-state index in [1.807, 2.05) is 0 Å². The smallest absolute Gasteiger partial charge is 0.422 e. The molecule has 0 atom stereocenters. The van der Waals surface area contributed by atoms with Crippen LogP contribution in [-0.4, -0.2) is 23.7 Å². The average Bonchev–Trinajstić information content (AvgIpc) is 2.83. The first kappa shape index (κ1) is 17.5. The first-order valence-corrected chi connectivity index (χ1v) is 7.33. The Bertz CT molecular complexity index is 710. The van der Waals surface area contributed by atoms with Crippen molar-refractivity contribution in [3.63, 3.8) is 0 Å². The Kier molecular flexibility index (Phi) is 5.10. The zero-order valence-corrected chi connectivity index (χ0v) is 12.9. The average molecular weight is 369 g/mol. The van der Waals surface area contributed by atoms with Crippen LogP contribution in [0.15, 0.2) is 17.5 Å². The van der Waals surface area contributed by atoms with E-state index in [9.17, 15) is 22.4 Å². The molecule has 0 aliphatic rings. The van der Waals surface area contributed by atoms with Gasteiger partial charge < -0.3 is 10.5 Å². The molecule has 1 amide bonds. The van der Waals surface area contributed by atoms with E-state index in [1.165, 1.54) is 6.07 Å². The Morgan fingerprint density at radius 3 is 2.65 bits per heavy atom. The normalized spacial score (nSPS) is 11.5. The molecule has 2 rings (SSSR count). The second-order valence-electron chi connectivity index (χ2n) is 4.44. The van der Waals surface area contributed by atoms with Crippen LogP contribution in [0, 0.1) is 5.82 Å². The second kappa shape index (κ2) is 6.71. The molecule has 1 aromatic carbocycles. The summed E-state index contributed by atoms with van der Waals surface area (Å²) in [6.07, 6.45) is -4.67. The number of amides is 1. The molecule has 23 heavy (non-hydrogen) atoms. The summed E-state index contributed by atoms with van der Waals surface area (Å²) in [5.74, 6) is -2.28. The summed E-state index contributed by atoms with van der Waals surface area (Å²) >= 11 is 6.92. The summed E-state index contributed by atoms with van der Waals surface area (Å²) in [6.45, 7) is -1.65. The molecule has 1 aromatic heterocycles. The predicted octanol–water partition coefficient (Wildman–Crippen LogP) is 3.57. The quantitative estimate of drug-likeness (QED) is 0.820. The van der Waals surface area contributed by atoms with Gasteiger partial charge in [0.05, 0.1) is 17.1 Å². The van der Waals surface area contributed by atoms with Gasteiger partial charge in [-0.2, -0.15) is 13.2 Å². The molecule has 0 bridgehead atoms. The van der Waals surface area contributed by atoms with Gasteiger partial charge in [-0.05, 0) is 12.1 Å². The van der Waals surface area contributed by atoms with Crippen LogP contribution in [0.3, 0.4) is 0 Å². The van der Waals surface area contributed by atoms with E-state index in [0.717, 1.165) is 17.4 Å². The van der Waals surface area contributed by atoms with Crippen molar-refractivity contribution < 1.29 is 27.1 Å². The van der Waals surface area contributed by atoms with E-state index in [1.54, 1.807) is 5.38 Å². The van der Waals surface area contributed by atoms with Crippen molar-refractivity contribution in [3.05, 3.63) is 33.4 Å². The van der Waals surface area contributed by atoms with Crippen LogP contribution < -0.4 is 10.5 Å². The lowest BCUT2D eigenvalue weighted by Crippen LogP contribution is -2.19. The molecule has 0 saturated carbocycles. The second-order valence-corrected chi connectivity index (χ2v) is 5.79. The highest BCUT2D eigenvalue weighted by Gasteiger charge is 2.29. The molecule has 0 aliphatic heterocycles. The number of primary amides is 1. The van der Waals surface area contributed by atoms with Crippen LogP contribution in [0.2, 0.25) is 5.02 Å². The number of nitrogens with zero attached hydrogens (tertiary/aromatic N) is 1. The standard InChI is InChI=1S/C13H9ClF4N2O2S/c14-7-1-6(9-4-23-11(20-9)3-10(19)21)2-8(15)12(7)22-5-13(16,17)18/h1-2,4H,3,5H2,(H2,19,21). The molecule has 10 heteroatoms. The lowest BCUT2D eigenvalue weighted by molar-refractivity contribution is -0.153. The summed E-state index contributed by atoms with van der Waals surface area (Å²) in [5.41, 5.74) is 5.62. The first-order chi connectivity index (χ1) is 10.7. The maximum Gasteiger partial charge on any atom is 0.422 e. The maximum absolute atomic E-state index is 13.9. The number of halogens is 5. The number of benzene rings is 1. The van der Waals surface area contributed by atoms with Gasteiger partial charge in [-0.25, -0.2) is 9.37 Å². The molecule has 0 unspecified atom stereocenters. The van der Waals surface area contributed by atoms with Crippen LogP contribution in [0.25, 0.3) is 11.3 Å². The molecule has 0 aliphatic carbocycles. The number of carbonyl (C=O) groups excluding carboxylic acids is 1. The van der Waals surface area contributed by atoms with Crippen molar-refractivity contribution in [2.75, 3.05) is 6.61 Å². The Hall–Kier alpha value is -1.87. The number of hydrogen-bond acceptors (Lipinski definition) is 4. The third kappa shape index (κ3) is 4.80. The lowest BCUT2D eigenvalue weighted by atomic mass is 10.1. The van der Waals surface area contributed by atoms with Crippen LogP contribution >= 0.6 is 22.9 Å². The Balaban J connectivity index is 2.25. The van der Waals surface area contributed by atoms with E-state index in [-0.39, 0.29) is 17.0 Å². The predicted molar refractivity (Wildman–Crippen MR) is 77.0 cm³/mol. The SMILES string of the molecule is NC(=O)Cc1nc(-c2cc(F)c(OCC(F)(F)F)c(Cl)c2)cs1. The van der Waals surface area contributed by atoms with E-state index in [4.69, 9.17) is 17.3 Å². The van der Waals surface area contributed by atoms with E-state index >= 15 is 0 Å². The molecule has 0 saturated heterocycles. The van der Waals surface area contributed by atoms with Crippen molar-refractivity contribution in [2.45, 2.75) is 12.6 Å². The van der Waals surface area contributed by atoms with Gasteiger partial charge >= 0.3 is 6.18 Å². The number of alkyl halides is 3. The van der Waals surface area contributed by atoms with Crippen LogP contribution in [0.1, 0.15) is 5.01 Å². The summed E-state index contributed by atoms with van der Waals surface area (Å²) < 4.78 is 54.6. The van der Waals surface area contributed by atoms with Crippen LogP contribution in [-0.2, 0) is 11.2 Å². The fourth-order valence-corrected chi connectivity index (χ4v) is 2.75. The zero-order chi connectivity index (χ0) is 17.2. The topological polar surface area (TPSA) is 65.2 Å². The zero-order valence-electron chi connectivity index (χ0n) is 11.3. The third-order valence-corrected chi connectivity index (χ3v) is 3.68. The molecule has 0 radical (unpaired) electrons. The minimum atomic E-state index is -4.60. The van der Waals surface area contributed by atoms with E-state index in [2.05, 4.69) is 9.72 Å². The lowest BCUT2D eigenvalue weighted by Gasteiger charge is -2.12. The summed E-state index contributed by atoms with van der Waals surface area (Å²) in [7, 11) is 0. The van der Waals surface area contributed by atoms with Gasteiger partial charge in [0.2, 0.25) is 5.91 Å². The summed E-state index contributed by atoms with van der Waals surface area (Å²) in [6, 6.07) is 2.19. The Morgan fingerprint density at radius 2 is 2.09 bits per heavy atom. The molecular formula is C13H9ClF4N2O2S.